The second kappa shape index (κ2) is 13.2. The van der Waals surface area contributed by atoms with Crippen molar-refractivity contribution < 1.29 is 29.0 Å². The number of rotatable bonds is 10. The van der Waals surface area contributed by atoms with E-state index in [4.69, 9.17) is 9.31 Å². The maximum absolute atomic E-state index is 11.5. The predicted octanol–water partition coefficient (Wildman–Crippen LogP) is 3.06. The van der Waals surface area contributed by atoms with Gasteiger partial charge in [-0.05, 0) is 39.8 Å². The van der Waals surface area contributed by atoms with Crippen molar-refractivity contribution in [2.24, 2.45) is 0 Å². The Hall–Kier alpha value is -2.06. The van der Waals surface area contributed by atoms with Crippen LogP contribution in [0.4, 0.5) is 0 Å². The molecule has 0 amide bonds. The average molecular weight is 403 g/mol. The van der Waals surface area contributed by atoms with Crippen molar-refractivity contribution in [2.45, 2.75) is 40.9 Å². The van der Waals surface area contributed by atoms with Crippen molar-refractivity contribution in [1.82, 2.24) is 0 Å². The summed E-state index contributed by atoms with van der Waals surface area (Å²) in [7, 11) is -1.69. The summed E-state index contributed by atoms with van der Waals surface area (Å²) in [5.41, 5.74) is 1.03. The second-order valence-electron chi connectivity index (χ2n) is 6.77. The van der Waals surface area contributed by atoms with Gasteiger partial charge in [-0.15, -0.1) is 0 Å². The summed E-state index contributed by atoms with van der Waals surface area (Å²) in [5.74, 6) is 0.140. The number of nitrogens with zero attached hydrogens (tertiary/aromatic N) is 1. The molecule has 2 aromatic rings. The predicted molar refractivity (Wildman–Crippen MR) is 114 cm³/mol. The molecule has 0 saturated carbocycles. The lowest BCUT2D eigenvalue weighted by Crippen LogP contribution is -2.47. The first kappa shape index (κ1) is 25.0. The fraction of sp³-hybridized carbons (Fsp3) is 0.455. The largest absolute Gasteiger partial charge is 0.832 e. The highest BCUT2D eigenvalue weighted by Crippen LogP contribution is 2.18. The maximum Gasteiger partial charge on any atom is 0.345 e. The van der Waals surface area contributed by atoms with Crippen molar-refractivity contribution in [3.63, 3.8) is 0 Å². The van der Waals surface area contributed by atoms with E-state index in [2.05, 4.69) is 27.7 Å². The Kier molecular flexibility index (Phi) is 11.4. The van der Waals surface area contributed by atoms with Gasteiger partial charge in [-0.25, -0.2) is 0 Å². The van der Waals surface area contributed by atoms with E-state index >= 15 is 0 Å². The van der Waals surface area contributed by atoms with E-state index in [9.17, 15) is 15.2 Å². The Morgan fingerprint density at radius 1 is 0.724 bits per heavy atom. The van der Waals surface area contributed by atoms with E-state index in [-0.39, 0.29) is 24.7 Å². The molecule has 0 fully saturated rings. The molecule has 6 nitrogen and oxygen atoms in total. The minimum atomic E-state index is -1.69. The molecule has 0 heterocycles. The van der Waals surface area contributed by atoms with Crippen LogP contribution in [0.2, 0.25) is 0 Å². The van der Waals surface area contributed by atoms with Crippen LogP contribution in [0.3, 0.4) is 0 Å². The zero-order chi connectivity index (χ0) is 21.7. The van der Waals surface area contributed by atoms with Gasteiger partial charge in [0.25, 0.3) is 0 Å². The molecule has 2 rings (SSSR count). The molecule has 29 heavy (non-hydrogen) atoms. The molecule has 0 bridgehead atoms. The molecule has 0 aliphatic carbocycles. The Morgan fingerprint density at radius 3 is 1.34 bits per heavy atom. The summed E-state index contributed by atoms with van der Waals surface area (Å²) >= 11 is 0. The molecular formula is C22H34BNO5. The summed E-state index contributed by atoms with van der Waals surface area (Å²) in [5, 5.41) is 30.5. The SMILES string of the molecule is CC[N+](CC)(CC)CC.[O-]B(OCc1ccccc1O)OCc1ccccc1O. The van der Waals surface area contributed by atoms with E-state index in [0.717, 1.165) is 0 Å². The highest BCUT2D eigenvalue weighted by molar-refractivity contribution is 6.32. The molecule has 7 heteroatoms. The van der Waals surface area contributed by atoms with Gasteiger partial charge < -0.3 is 29.0 Å². The van der Waals surface area contributed by atoms with E-state index in [0.29, 0.717) is 11.1 Å². The van der Waals surface area contributed by atoms with Gasteiger partial charge in [0.05, 0.1) is 39.4 Å². The monoisotopic (exact) mass is 403 g/mol. The van der Waals surface area contributed by atoms with Crippen LogP contribution in [-0.4, -0.2) is 48.2 Å². The number of quaternary nitrogens is 1. The van der Waals surface area contributed by atoms with Crippen molar-refractivity contribution in [3.8, 4) is 11.5 Å². The lowest BCUT2D eigenvalue weighted by Gasteiger charge is -2.34. The smallest absolute Gasteiger partial charge is 0.345 e. The zero-order valence-electron chi connectivity index (χ0n) is 18.0. The van der Waals surface area contributed by atoms with Gasteiger partial charge in [0.15, 0.2) is 0 Å². The molecule has 0 radical (unpaired) electrons. The molecule has 2 N–H and O–H groups in total. The molecule has 0 unspecified atom stereocenters. The van der Waals surface area contributed by atoms with Gasteiger partial charge in [-0.3, -0.25) is 0 Å². The van der Waals surface area contributed by atoms with Crippen molar-refractivity contribution in [3.05, 3.63) is 59.7 Å². The van der Waals surface area contributed by atoms with Gasteiger partial charge in [0, 0.05) is 11.1 Å². The van der Waals surface area contributed by atoms with Crippen LogP contribution < -0.4 is 5.02 Å². The van der Waals surface area contributed by atoms with E-state index in [1.54, 1.807) is 36.4 Å². The Bertz CT molecular complexity index is 642. The third-order valence-electron chi connectivity index (χ3n) is 5.42. The topological polar surface area (TPSA) is 82.0 Å². The van der Waals surface area contributed by atoms with Crippen LogP contribution in [0.5, 0.6) is 11.5 Å². The molecular weight excluding hydrogens is 369 g/mol. The number of aromatic hydroxyl groups is 2. The van der Waals surface area contributed by atoms with Crippen LogP contribution in [0.1, 0.15) is 38.8 Å². The van der Waals surface area contributed by atoms with Crippen LogP contribution in [-0.2, 0) is 22.5 Å². The van der Waals surface area contributed by atoms with Crippen LogP contribution >= 0.6 is 0 Å². The van der Waals surface area contributed by atoms with Gasteiger partial charge in [-0.1, -0.05) is 36.4 Å². The lowest BCUT2D eigenvalue weighted by atomic mass is 10.1. The third kappa shape index (κ3) is 8.46. The first-order valence-electron chi connectivity index (χ1n) is 10.2. The molecule has 2 aromatic carbocycles. The normalized spacial score (nSPS) is 10.9. The number of benzene rings is 2. The maximum atomic E-state index is 11.5. The van der Waals surface area contributed by atoms with Crippen LogP contribution in [0, 0.1) is 0 Å². The van der Waals surface area contributed by atoms with Crippen molar-refractivity contribution >= 4 is 7.32 Å². The Morgan fingerprint density at radius 2 is 1.07 bits per heavy atom. The first-order chi connectivity index (χ1) is 13.9. The van der Waals surface area contributed by atoms with Gasteiger partial charge >= 0.3 is 7.32 Å². The lowest BCUT2D eigenvalue weighted by molar-refractivity contribution is -0.921. The molecule has 0 spiro atoms. The number of phenolic OH excluding ortho intramolecular Hbond substituents is 2. The molecule has 0 aromatic heterocycles. The highest BCUT2D eigenvalue weighted by atomic mass is 16.7. The highest BCUT2D eigenvalue weighted by Gasteiger charge is 2.16. The summed E-state index contributed by atoms with van der Waals surface area (Å²) in [4.78, 5) is 0. The third-order valence-corrected chi connectivity index (χ3v) is 5.42. The summed E-state index contributed by atoms with van der Waals surface area (Å²) in [6, 6.07) is 13.2. The van der Waals surface area contributed by atoms with Gasteiger partial charge in [0.1, 0.15) is 11.5 Å². The fourth-order valence-electron chi connectivity index (χ4n) is 2.97. The average Bonchev–Trinajstić information content (AvgIpc) is 2.75. The molecule has 0 atom stereocenters. The second-order valence-corrected chi connectivity index (χ2v) is 6.77. The Labute approximate surface area is 175 Å². The number of hydrogen-bond acceptors (Lipinski definition) is 5. The Balaban J connectivity index is 0.000000396. The van der Waals surface area contributed by atoms with E-state index in [1.807, 2.05) is 0 Å². The van der Waals surface area contributed by atoms with Crippen molar-refractivity contribution in [2.75, 3.05) is 26.2 Å². The van der Waals surface area contributed by atoms with Crippen LogP contribution in [0.15, 0.2) is 48.5 Å². The van der Waals surface area contributed by atoms with E-state index in [1.165, 1.54) is 42.8 Å². The summed E-state index contributed by atoms with van der Waals surface area (Å²) in [6.07, 6.45) is 0. The number of phenols is 2. The minimum absolute atomic E-state index is 0.0401. The first-order valence-corrected chi connectivity index (χ1v) is 10.2. The fourth-order valence-corrected chi connectivity index (χ4v) is 2.97. The minimum Gasteiger partial charge on any atom is -0.832 e. The zero-order valence-corrected chi connectivity index (χ0v) is 18.0. The van der Waals surface area contributed by atoms with Crippen molar-refractivity contribution in [1.29, 1.82) is 0 Å². The summed E-state index contributed by atoms with van der Waals surface area (Å²) in [6.45, 7) is 14.1. The molecule has 0 aliphatic rings. The molecule has 0 aliphatic heterocycles. The van der Waals surface area contributed by atoms with Gasteiger partial charge in [0.2, 0.25) is 0 Å². The van der Waals surface area contributed by atoms with Gasteiger partial charge in [-0.2, -0.15) is 0 Å². The standard InChI is InChI=1S/C14H14BO5.C8H20N/c16-13-7-3-1-5-11(13)9-19-15(18)20-10-12-6-2-4-8-14(12)17;1-5-9(6-2,7-3)8-4/h1-8,16-17H,9-10H2;5-8H2,1-4H3/q-1;+1. The molecule has 160 valence electrons. The van der Waals surface area contributed by atoms with Crippen LogP contribution in [0.25, 0.3) is 0 Å². The number of para-hydroxylation sites is 2. The quantitative estimate of drug-likeness (QED) is 0.471. The molecule has 0 saturated heterocycles. The number of hydrogen-bond donors (Lipinski definition) is 2. The summed E-state index contributed by atoms with van der Waals surface area (Å²) < 4.78 is 11.2. The van der Waals surface area contributed by atoms with E-state index < -0.39 is 7.32 Å².